The van der Waals surface area contributed by atoms with E-state index >= 15 is 0 Å². The fourth-order valence-electron chi connectivity index (χ4n) is 2.07. The van der Waals surface area contributed by atoms with Gasteiger partial charge in [-0.1, -0.05) is 0 Å². The minimum atomic E-state index is -0.940. The highest BCUT2D eigenvalue weighted by Crippen LogP contribution is 2.25. The Balaban J connectivity index is 2.43. The average molecular weight is 260 g/mol. The van der Waals surface area contributed by atoms with Crippen LogP contribution in [0.5, 0.6) is 5.75 Å². The van der Waals surface area contributed by atoms with Crippen molar-refractivity contribution in [3.8, 4) is 5.75 Å². The molecule has 2 N–H and O–H groups in total. The molecule has 0 saturated heterocycles. The number of hydrogen-bond acceptors (Lipinski definition) is 3. The van der Waals surface area contributed by atoms with Crippen molar-refractivity contribution < 1.29 is 14.6 Å². The highest BCUT2D eigenvalue weighted by molar-refractivity contribution is 5.88. The summed E-state index contributed by atoms with van der Waals surface area (Å²) >= 11 is 0. The van der Waals surface area contributed by atoms with Gasteiger partial charge in [0.2, 0.25) is 0 Å². The fourth-order valence-corrected chi connectivity index (χ4v) is 2.07. The standard InChI is InChI=1S/C14H16N2O3/c1-8-12(9(2)16-15-8)7-11-6-10(14(17)18)4-5-13(11)19-3/h4-6H,7H2,1-3H3,(H,15,16)(H,17,18). The van der Waals surface area contributed by atoms with Crippen molar-refractivity contribution in [3.63, 3.8) is 0 Å². The summed E-state index contributed by atoms with van der Waals surface area (Å²) in [6, 6.07) is 4.87. The van der Waals surface area contributed by atoms with Crippen LogP contribution in [0.2, 0.25) is 0 Å². The Hall–Kier alpha value is -2.30. The summed E-state index contributed by atoms with van der Waals surface area (Å²) in [5.74, 6) is -0.255. The van der Waals surface area contributed by atoms with Gasteiger partial charge in [-0.2, -0.15) is 5.10 Å². The Kier molecular flexibility index (Phi) is 3.55. The number of benzene rings is 1. The predicted molar refractivity (Wildman–Crippen MR) is 70.8 cm³/mol. The molecular weight excluding hydrogens is 244 g/mol. The zero-order chi connectivity index (χ0) is 14.0. The molecule has 19 heavy (non-hydrogen) atoms. The summed E-state index contributed by atoms with van der Waals surface area (Å²) in [6.45, 7) is 3.87. The quantitative estimate of drug-likeness (QED) is 0.884. The van der Waals surface area contributed by atoms with Crippen LogP contribution in [0.25, 0.3) is 0 Å². The van der Waals surface area contributed by atoms with E-state index in [1.54, 1.807) is 25.3 Å². The highest BCUT2D eigenvalue weighted by atomic mass is 16.5. The van der Waals surface area contributed by atoms with Crippen molar-refractivity contribution in [2.75, 3.05) is 7.11 Å². The molecule has 5 heteroatoms. The van der Waals surface area contributed by atoms with Gasteiger partial charge in [-0.05, 0) is 37.6 Å². The number of aromatic amines is 1. The van der Waals surface area contributed by atoms with Gasteiger partial charge in [0.05, 0.1) is 18.4 Å². The molecule has 0 aliphatic heterocycles. The molecule has 0 saturated carbocycles. The minimum absolute atomic E-state index is 0.259. The van der Waals surface area contributed by atoms with Crippen molar-refractivity contribution >= 4 is 5.97 Å². The van der Waals surface area contributed by atoms with Crippen molar-refractivity contribution in [3.05, 3.63) is 46.3 Å². The molecule has 100 valence electrons. The Labute approximate surface area is 111 Å². The van der Waals surface area contributed by atoms with Gasteiger partial charge in [0.25, 0.3) is 0 Å². The third-order valence-electron chi connectivity index (χ3n) is 3.18. The summed E-state index contributed by atoms with van der Waals surface area (Å²) in [5.41, 5.74) is 4.08. The van der Waals surface area contributed by atoms with Gasteiger partial charge in [0, 0.05) is 17.7 Å². The number of carbonyl (C=O) groups is 1. The predicted octanol–water partition coefficient (Wildman–Crippen LogP) is 2.32. The van der Waals surface area contributed by atoms with E-state index in [9.17, 15) is 4.79 Å². The van der Waals surface area contributed by atoms with Gasteiger partial charge >= 0.3 is 5.97 Å². The van der Waals surface area contributed by atoms with Crippen molar-refractivity contribution in [2.45, 2.75) is 20.3 Å². The van der Waals surface area contributed by atoms with E-state index in [2.05, 4.69) is 10.2 Å². The van der Waals surface area contributed by atoms with Crippen LogP contribution in [0.3, 0.4) is 0 Å². The second-order valence-corrected chi connectivity index (χ2v) is 4.42. The van der Waals surface area contributed by atoms with Gasteiger partial charge in [-0.15, -0.1) is 0 Å². The number of carboxylic acid groups (broad SMARTS) is 1. The van der Waals surface area contributed by atoms with Gasteiger partial charge in [-0.3, -0.25) is 5.10 Å². The third kappa shape index (κ3) is 2.59. The minimum Gasteiger partial charge on any atom is -0.496 e. The number of ether oxygens (including phenoxy) is 1. The van der Waals surface area contributed by atoms with E-state index in [0.29, 0.717) is 12.2 Å². The van der Waals surface area contributed by atoms with Crippen molar-refractivity contribution in [1.29, 1.82) is 0 Å². The molecule has 0 unspecified atom stereocenters. The fraction of sp³-hybridized carbons (Fsp3) is 0.286. The van der Waals surface area contributed by atoms with Crippen LogP contribution in [-0.4, -0.2) is 28.4 Å². The number of hydrogen-bond donors (Lipinski definition) is 2. The number of aryl methyl sites for hydroxylation is 2. The van der Waals surface area contributed by atoms with Gasteiger partial charge in [0.15, 0.2) is 0 Å². The number of aromatic nitrogens is 2. The third-order valence-corrected chi connectivity index (χ3v) is 3.18. The molecule has 5 nitrogen and oxygen atoms in total. The van der Waals surface area contributed by atoms with E-state index < -0.39 is 5.97 Å². The normalized spacial score (nSPS) is 10.5. The van der Waals surface area contributed by atoms with E-state index in [0.717, 1.165) is 22.5 Å². The number of nitrogens with zero attached hydrogens (tertiary/aromatic N) is 1. The largest absolute Gasteiger partial charge is 0.496 e. The molecule has 0 spiro atoms. The van der Waals surface area contributed by atoms with Crippen LogP contribution in [0.1, 0.15) is 32.9 Å². The first-order valence-corrected chi connectivity index (χ1v) is 5.93. The molecule has 0 bridgehead atoms. The van der Waals surface area contributed by atoms with Crippen LogP contribution >= 0.6 is 0 Å². The molecule has 1 heterocycles. The van der Waals surface area contributed by atoms with Crippen LogP contribution in [0, 0.1) is 13.8 Å². The lowest BCUT2D eigenvalue weighted by atomic mass is 10.0. The summed E-state index contributed by atoms with van der Waals surface area (Å²) in [7, 11) is 1.58. The average Bonchev–Trinajstić information content (AvgIpc) is 2.70. The van der Waals surface area contributed by atoms with Gasteiger partial charge < -0.3 is 9.84 Å². The maximum Gasteiger partial charge on any atom is 0.335 e. The lowest BCUT2D eigenvalue weighted by molar-refractivity contribution is 0.0696. The number of rotatable bonds is 4. The zero-order valence-electron chi connectivity index (χ0n) is 11.2. The topological polar surface area (TPSA) is 75.2 Å². The molecule has 2 rings (SSSR count). The first-order chi connectivity index (χ1) is 9.02. The molecule has 2 aromatic rings. The number of methoxy groups -OCH3 is 1. The smallest absolute Gasteiger partial charge is 0.335 e. The molecule has 0 aliphatic carbocycles. The van der Waals surface area contributed by atoms with Gasteiger partial charge in [-0.25, -0.2) is 4.79 Å². The zero-order valence-corrected chi connectivity index (χ0v) is 11.2. The maximum atomic E-state index is 11.0. The van der Waals surface area contributed by atoms with Crippen LogP contribution < -0.4 is 4.74 Å². The van der Waals surface area contributed by atoms with Crippen molar-refractivity contribution in [1.82, 2.24) is 10.2 Å². The second kappa shape index (κ2) is 5.14. The molecule has 0 aliphatic rings. The summed E-state index contributed by atoms with van der Waals surface area (Å²) in [5, 5.41) is 16.1. The molecular formula is C14H16N2O3. The first kappa shape index (κ1) is 13.1. The van der Waals surface area contributed by atoms with E-state index in [1.165, 1.54) is 0 Å². The number of nitrogens with one attached hydrogen (secondary N) is 1. The first-order valence-electron chi connectivity index (χ1n) is 5.93. The number of aromatic carboxylic acids is 1. The Morgan fingerprint density at radius 1 is 1.42 bits per heavy atom. The van der Waals surface area contributed by atoms with E-state index in [4.69, 9.17) is 9.84 Å². The SMILES string of the molecule is COc1ccc(C(=O)O)cc1Cc1c(C)n[nH]c1C. The lowest BCUT2D eigenvalue weighted by Crippen LogP contribution is -2.01. The molecule has 0 radical (unpaired) electrons. The van der Waals surface area contributed by atoms with E-state index in [-0.39, 0.29) is 5.56 Å². The van der Waals surface area contributed by atoms with Gasteiger partial charge in [0.1, 0.15) is 5.75 Å². The Morgan fingerprint density at radius 2 is 2.16 bits per heavy atom. The van der Waals surface area contributed by atoms with Crippen LogP contribution in [0.15, 0.2) is 18.2 Å². The maximum absolute atomic E-state index is 11.0. The summed E-state index contributed by atoms with van der Waals surface area (Å²) in [4.78, 5) is 11.0. The lowest BCUT2D eigenvalue weighted by Gasteiger charge is -2.09. The van der Waals surface area contributed by atoms with Crippen LogP contribution in [0.4, 0.5) is 0 Å². The molecule has 0 atom stereocenters. The summed E-state index contributed by atoms with van der Waals surface area (Å²) in [6.07, 6.45) is 0.596. The molecule has 1 aromatic heterocycles. The number of H-pyrrole nitrogens is 1. The highest BCUT2D eigenvalue weighted by Gasteiger charge is 2.13. The summed E-state index contributed by atoms with van der Waals surface area (Å²) < 4.78 is 5.29. The second-order valence-electron chi connectivity index (χ2n) is 4.42. The Bertz CT molecular complexity index is 598. The number of carboxylic acids is 1. The molecule has 0 amide bonds. The molecule has 1 aromatic carbocycles. The monoisotopic (exact) mass is 260 g/mol. The van der Waals surface area contributed by atoms with E-state index in [1.807, 2.05) is 13.8 Å². The van der Waals surface area contributed by atoms with Crippen LogP contribution in [-0.2, 0) is 6.42 Å². The van der Waals surface area contributed by atoms with Crippen molar-refractivity contribution in [2.24, 2.45) is 0 Å². The Morgan fingerprint density at radius 3 is 2.68 bits per heavy atom. The molecule has 0 fully saturated rings.